The van der Waals surface area contributed by atoms with E-state index in [-0.39, 0.29) is 24.3 Å². The van der Waals surface area contributed by atoms with E-state index in [1.54, 1.807) is 11.0 Å². The lowest BCUT2D eigenvalue weighted by atomic mass is 9.99. The van der Waals surface area contributed by atoms with Gasteiger partial charge in [-0.15, -0.1) is 0 Å². The Kier molecular flexibility index (Phi) is 4.61. The fourth-order valence-corrected chi connectivity index (χ4v) is 2.53. The maximum atomic E-state index is 12.2. The highest BCUT2D eigenvalue weighted by Crippen LogP contribution is 2.20. The van der Waals surface area contributed by atoms with Gasteiger partial charge in [0.25, 0.3) is 0 Å². The highest BCUT2D eigenvalue weighted by molar-refractivity contribution is 5.92. The van der Waals surface area contributed by atoms with Gasteiger partial charge in [0.2, 0.25) is 11.8 Å². The number of primary amides is 1. The molecule has 20 heavy (non-hydrogen) atoms. The van der Waals surface area contributed by atoms with Crippen molar-refractivity contribution in [1.82, 2.24) is 4.90 Å². The van der Waals surface area contributed by atoms with E-state index in [1.165, 1.54) is 6.08 Å². The predicted octanol–water partition coefficient (Wildman–Crippen LogP) is 1.86. The van der Waals surface area contributed by atoms with E-state index in [9.17, 15) is 9.59 Å². The van der Waals surface area contributed by atoms with Gasteiger partial charge in [-0.3, -0.25) is 9.59 Å². The van der Waals surface area contributed by atoms with Crippen LogP contribution in [0.15, 0.2) is 22.6 Å². The standard InChI is InChI=1S/C15H20N2O3/c1-11-5-6-13(20-11)7-8-15(19)17-9-3-2-4-12(17)10-14(16)18/h5-8,12H,2-4,9-10H2,1H3,(H2,16,18)/b8-7+. The fraction of sp³-hybridized carbons (Fsp3) is 0.467. The molecular formula is C15H20N2O3. The molecule has 2 heterocycles. The molecule has 0 bridgehead atoms. The third kappa shape index (κ3) is 3.73. The summed E-state index contributed by atoms with van der Waals surface area (Å²) in [6.07, 6.45) is 6.22. The molecule has 0 spiro atoms. The second-order valence-corrected chi connectivity index (χ2v) is 5.13. The van der Waals surface area contributed by atoms with Gasteiger partial charge in [0.05, 0.1) is 0 Å². The molecule has 0 aromatic carbocycles. The molecule has 1 unspecified atom stereocenters. The van der Waals surface area contributed by atoms with Crippen LogP contribution in [-0.4, -0.2) is 29.3 Å². The first kappa shape index (κ1) is 14.4. The Morgan fingerprint density at radius 1 is 1.45 bits per heavy atom. The van der Waals surface area contributed by atoms with Crippen molar-refractivity contribution in [2.45, 2.75) is 38.6 Å². The minimum absolute atomic E-state index is 0.0725. The molecule has 0 aliphatic carbocycles. The van der Waals surface area contributed by atoms with Crippen molar-refractivity contribution in [3.05, 3.63) is 29.7 Å². The van der Waals surface area contributed by atoms with Crippen molar-refractivity contribution in [1.29, 1.82) is 0 Å². The van der Waals surface area contributed by atoms with Crippen LogP contribution < -0.4 is 5.73 Å². The van der Waals surface area contributed by atoms with Crippen LogP contribution in [0.5, 0.6) is 0 Å². The normalized spacial score (nSPS) is 19.4. The summed E-state index contributed by atoms with van der Waals surface area (Å²) in [4.78, 5) is 25.0. The van der Waals surface area contributed by atoms with Crippen LogP contribution in [0.3, 0.4) is 0 Å². The number of aryl methyl sites for hydroxylation is 1. The summed E-state index contributed by atoms with van der Waals surface area (Å²) < 4.78 is 5.38. The summed E-state index contributed by atoms with van der Waals surface area (Å²) in [5.74, 6) is 1.01. The first-order valence-electron chi connectivity index (χ1n) is 6.89. The summed E-state index contributed by atoms with van der Waals surface area (Å²) in [5.41, 5.74) is 5.24. The summed E-state index contributed by atoms with van der Waals surface area (Å²) in [5, 5.41) is 0. The lowest BCUT2D eigenvalue weighted by Gasteiger charge is -2.34. The van der Waals surface area contributed by atoms with Crippen LogP contribution in [0.25, 0.3) is 6.08 Å². The molecule has 1 saturated heterocycles. The summed E-state index contributed by atoms with van der Waals surface area (Å²) in [6.45, 7) is 2.53. The van der Waals surface area contributed by atoms with Crippen LogP contribution in [0, 0.1) is 6.92 Å². The van der Waals surface area contributed by atoms with Gasteiger partial charge in [0, 0.05) is 25.1 Å². The van der Waals surface area contributed by atoms with E-state index in [4.69, 9.17) is 10.2 Å². The highest BCUT2D eigenvalue weighted by atomic mass is 16.3. The molecule has 1 aromatic rings. The van der Waals surface area contributed by atoms with Crippen LogP contribution in [0.4, 0.5) is 0 Å². The number of nitrogens with zero attached hydrogens (tertiary/aromatic N) is 1. The first-order chi connectivity index (χ1) is 9.56. The lowest BCUT2D eigenvalue weighted by Crippen LogP contribution is -2.44. The SMILES string of the molecule is Cc1ccc(/C=C/C(=O)N2CCCCC2CC(N)=O)o1. The molecule has 2 amide bonds. The topological polar surface area (TPSA) is 76.5 Å². The van der Waals surface area contributed by atoms with Crippen LogP contribution >= 0.6 is 0 Å². The molecule has 108 valence electrons. The van der Waals surface area contributed by atoms with Crippen molar-refractivity contribution < 1.29 is 14.0 Å². The van der Waals surface area contributed by atoms with Crippen molar-refractivity contribution in [2.24, 2.45) is 5.73 Å². The Morgan fingerprint density at radius 3 is 2.90 bits per heavy atom. The number of rotatable bonds is 4. The molecule has 1 aromatic heterocycles. The lowest BCUT2D eigenvalue weighted by molar-refractivity contribution is -0.130. The van der Waals surface area contributed by atoms with Crippen molar-refractivity contribution >= 4 is 17.9 Å². The average molecular weight is 276 g/mol. The zero-order valence-electron chi connectivity index (χ0n) is 11.7. The summed E-state index contributed by atoms with van der Waals surface area (Å²) >= 11 is 0. The predicted molar refractivity (Wildman–Crippen MR) is 75.6 cm³/mol. The smallest absolute Gasteiger partial charge is 0.246 e. The van der Waals surface area contributed by atoms with Gasteiger partial charge in [-0.05, 0) is 44.4 Å². The molecule has 5 nitrogen and oxygen atoms in total. The van der Waals surface area contributed by atoms with E-state index >= 15 is 0 Å². The Balaban J connectivity index is 2.02. The number of nitrogens with two attached hydrogens (primary N) is 1. The number of piperidine rings is 1. The molecular weight excluding hydrogens is 256 g/mol. The largest absolute Gasteiger partial charge is 0.462 e. The van der Waals surface area contributed by atoms with Gasteiger partial charge < -0.3 is 15.1 Å². The van der Waals surface area contributed by atoms with E-state index in [1.807, 2.05) is 19.1 Å². The molecule has 2 N–H and O–H groups in total. The molecule has 1 aliphatic heterocycles. The summed E-state index contributed by atoms with van der Waals surface area (Å²) in [6, 6.07) is 3.59. The Hall–Kier alpha value is -2.04. The number of amides is 2. The monoisotopic (exact) mass is 276 g/mol. The van der Waals surface area contributed by atoms with E-state index < -0.39 is 0 Å². The average Bonchev–Trinajstić information content (AvgIpc) is 2.82. The van der Waals surface area contributed by atoms with E-state index in [2.05, 4.69) is 0 Å². The Labute approximate surface area is 118 Å². The quantitative estimate of drug-likeness (QED) is 0.853. The molecule has 5 heteroatoms. The number of likely N-dealkylation sites (tertiary alicyclic amines) is 1. The molecule has 1 fully saturated rings. The Bertz CT molecular complexity index is 519. The second kappa shape index (κ2) is 6.41. The number of carbonyl (C=O) groups is 2. The maximum absolute atomic E-state index is 12.2. The molecule has 0 saturated carbocycles. The zero-order valence-corrected chi connectivity index (χ0v) is 11.7. The second-order valence-electron chi connectivity index (χ2n) is 5.13. The first-order valence-corrected chi connectivity index (χ1v) is 6.89. The van der Waals surface area contributed by atoms with Gasteiger partial charge in [-0.1, -0.05) is 0 Å². The minimum atomic E-state index is -0.361. The minimum Gasteiger partial charge on any atom is -0.462 e. The van der Waals surface area contributed by atoms with Crippen molar-refractivity contribution in [2.75, 3.05) is 6.54 Å². The third-order valence-electron chi connectivity index (χ3n) is 3.50. The number of furan rings is 1. The molecule has 0 radical (unpaired) electrons. The van der Waals surface area contributed by atoms with Gasteiger partial charge in [-0.2, -0.15) is 0 Å². The van der Waals surface area contributed by atoms with Crippen LogP contribution in [0.1, 0.15) is 37.2 Å². The molecule has 1 aliphatic rings. The highest BCUT2D eigenvalue weighted by Gasteiger charge is 2.26. The third-order valence-corrected chi connectivity index (χ3v) is 3.50. The Morgan fingerprint density at radius 2 is 2.25 bits per heavy atom. The maximum Gasteiger partial charge on any atom is 0.246 e. The van der Waals surface area contributed by atoms with E-state index in [0.717, 1.165) is 25.0 Å². The van der Waals surface area contributed by atoms with Crippen LogP contribution in [0.2, 0.25) is 0 Å². The number of carbonyl (C=O) groups excluding carboxylic acids is 2. The van der Waals surface area contributed by atoms with E-state index in [0.29, 0.717) is 12.3 Å². The number of hydrogen-bond donors (Lipinski definition) is 1. The van der Waals surface area contributed by atoms with Gasteiger partial charge in [0.1, 0.15) is 11.5 Å². The fourth-order valence-electron chi connectivity index (χ4n) is 2.53. The molecule has 1 atom stereocenters. The van der Waals surface area contributed by atoms with Gasteiger partial charge >= 0.3 is 0 Å². The number of hydrogen-bond acceptors (Lipinski definition) is 3. The summed E-state index contributed by atoms with van der Waals surface area (Å²) in [7, 11) is 0. The van der Waals surface area contributed by atoms with Gasteiger partial charge in [-0.25, -0.2) is 0 Å². The van der Waals surface area contributed by atoms with Crippen LogP contribution in [-0.2, 0) is 9.59 Å². The molecule has 2 rings (SSSR count). The van der Waals surface area contributed by atoms with Crippen molar-refractivity contribution in [3.63, 3.8) is 0 Å². The van der Waals surface area contributed by atoms with Crippen molar-refractivity contribution in [3.8, 4) is 0 Å². The zero-order chi connectivity index (χ0) is 14.5. The van der Waals surface area contributed by atoms with Gasteiger partial charge in [0.15, 0.2) is 0 Å².